The second-order valence-corrected chi connectivity index (χ2v) is 5.15. The first-order valence-corrected chi connectivity index (χ1v) is 7.22. The first-order valence-electron chi connectivity index (χ1n) is 7.22. The fraction of sp³-hybridized carbons (Fsp3) is 0.412. The summed E-state index contributed by atoms with van der Waals surface area (Å²) in [6.07, 6.45) is 3.48. The fourth-order valence-electron chi connectivity index (χ4n) is 2.24. The van der Waals surface area contributed by atoms with Crippen LogP contribution >= 0.6 is 0 Å². The number of benzene rings is 1. The van der Waals surface area contributed by atoms with E-state index in [0.29, 0.717) is 12.1 Å². The van der Waals surface area contributed by atoms with Gasteiger partial charge in [0, 0.05) is 24.2 Å². The molecule has 0 aliphatic carbocycles. The summed E-state index contributed by atoms with van der Waals surface area (Å²) in [6.45, 7) is 8.60. The van der Waals surface area contributed by atoms with E-state index in [2.05, 4.69) is 6.92 Å². The van der Waals surface area contributed by atoms with Crippen molar-refractivity contribution in [2.45, 2.75) is 40.2 Å². The zero-order chi connectivity index (χ0) is 16.0. The van der Waals surface area contributed by atoms with E-state index in [9.17, 15) is 9.59 Å². The number of carbonyl (C=O) groups excluding carboxylic acids is 1. The van der Waals surface area contributed by atoms with Gasteiger partial charge in [0.05, 0.1) is 0 Å². The summed E-state index contributed by atoms with van der Waals surface area (Å²) in [5.74, 6) is -1.01. The molecule has 1 aromatic rings. The van der Waals surface area contributed by atoms with Crippen LogP contribution < -0.4 is 0 Å². The van der Waals surface area contributed by atoms with Crippen LogP contribution in [0.4, 0.5) is 0 Å². The van der Waals surface area contributed by atoms with Crippen molar-refractivity contribution in [2.75, 3.05) is 6.54 Å². The summed E-state index contributed by atoms with van der Waals surface area (Å²) in [5.41, 5.74) is 2.26. The van der Waals surface area contributed by atoms with Crippen LogP contribution in [-0.2, 0) is 4.79 Å². The number of rotatable bonds is 6. The number of aliphatic carboxylic acids is 1. The molecule has 1 N–H and O–H groups in total. The first kappa shape index (κ1) is 17.0. The Morgan fingerprint density at radius 2 is 1.95 bits per heavy atom. The minimum absolute atomic E-state index is 0.0134. The molecule has 0 spiro atoms. The second kappa shape index (κ2) is 7.62. The topological polar surface area (TPSA) is 57.6 Å². The molecule has 21 heavy (non-hydrogen) atoms. The fourth-order valence-corrected chi connectivity index (χ4v) is 2.24. The Morgan fingerprint density at radius 3 is 2.48 bits per heavy atom. The lowest BCUT2D eigenvalue weighted by atomic mass is 10.0. The van der Waals surface area contributed by atoms with Crippen LogP contribution in [0.15, 0.2) is 24.3 Å². The van der Waals surface area contributed by atoms with Crippen molar-refractivity contribution in [3.8, 4) is 0 Å². The average molecular weight is 289 g/mol. The van der Waals surface area contributed by atoms with Gasteiger partial charge in [0.1, 0.15) is 0 Å². The third kappa shape index (κ3) is 4.74. The largest absolute Gasteiger partial charge is 0.478 e. The number of carbonyl (C=O) groups is 2. The van der Waals surface area contributed by atoms with Gasteiger partial charge in [0.2, 0.25) is 0 Å². The monoisotopic (exact) mass is 289 g/mol. The maximum absolute atomic E-state index is 12.6. The lowest BCUT2D eigenvalue weighted by Gasteiger charge is -2.27. The van der Waals surface area contributed by atoms with E-state index in [1.807, 2.05) is 37.8 Å². The van der Waals surface area contributed by atoms with Gasteiger partial charge in [-0.15, -0.1) is 0 Å². The maximum atomic E-state index is 12.6. The number of amides is 1. The Morgan fingerprint density at radius 1 is 1.29 bits per heavy atom. The number of aryl methyl sites for hydroxylation is 1. The van der Waals surface area contributed by atoms with Crippen molar-refractivity contribution < 1.29 is 14.7 Å². The van der Waals surface area contributed by atoms with Crippen molar-refractivity contribution in [1.29, 1.82) is 0 Å². The third-order valence-corrected chi connectivity index (χ3v) is 3.49. The van der Waals surface area contributed by atoms with Crippen molar-refractivity contribution in [1.82, 2.24) is 4.90 Å². The van der Waals surface area contributed by atoms with Gasteiger partial charge in [0.25, 0.3) is 5.91 Å². The number of hydrogen-bond acceptors (Lipinski definition) is 2. The van der Waals surface area contributed by atoms with E-state index in [1.165, 1.54) is 6.08 Å². The molecule has 0 bridgehead atoms. The molecule has 1 atom stereocenters. The molecule has 114 valence electrons. The summed E-state index contributed by atoms with van der Waals surface area (Å²) in [7, 11) is 0. The molecule has 1 aromatic carbocycles. The van der Waals surface area contributed by atoms with E-state index in [0.717, 1.165) is 23.6 Å². The Kier molecular flexibility index (Phi) is 6.15. The molecule has 4 nitrogen and oxygen atoms in total. The summed E-state index contributed by atoms with van der Waals surface area (Å²) < 4.78 is 0. The van der Waals surface area contributed by atoms with Crippen LogP contribution in [-0.4, -0.2) is 34.5 Å². The van der Waals surface area contributed by atoms with Crippen LogP contribution in [0.3, 0.4) is 0 Å². The first-order chi connectivity index (χ1) is 9.88. The Bertz CT molecular complexity index is 549. The van der Waals surface area contributed by atoms with Gasteiger partial charge in [-0.25, -0.2) is 4.79 Å². The lowest BCUT2D eigenvalue weighted by molar-refractivity contribution is -0.131. The Labute approximate surface area is 126 Å². The van der Waals surface area contributed by atoms with E-state index < -0.39 is 5.97 Å². The second-order valence-electron chi connectivity index (χ2n) is 5.15. The molecule has 0 fully saturated rings. The molecule has 0 saturated heterocycles. The standard InChI is InChI=1S/C17H23NO3/c1-5-13(4)18(6-2)17(21)15-10-12(3)9-14(11-15)7-8-16(19)20/h7-11,13H,5-6H2,1-4H3,(H,19,20)/b8-7+. The maximum Gasteiger partial charge on any atom is 0.328 e. The normalized spacial score (nSPS) is 12.4. The van der Waals surface area contributed by atoms with Gasteiger partial charge in [0.15, 0.2) is 0 Å². The molecular weight excluding hydrogens is 266 g/mol. The van der Waals surface area contributed by atoms with Gasteiger partial charge < -0.3 is 10.0 Å². The molecule has 1 rings (SSSR count). The number of hydrogen-bond donors (Lipinski definition) is 1. The summed E-state index contributed by atoms with van der Waals surface area (Å²) in [6, 6.07) is 5.61. The van der Waals surface area contributed by atoms with Crippen molar-refractivity contribution in [3.05, 3.63) is 41.0 Å². The molecule has 1 unspecified atom stereocenters. The van der Waals surface area contributed by atoms with Crippen LogP contribution in [0.2, 0.25) is 0 Å². The molecule has 1 amide bonds. The highest BCUT2D eigenvalue weighted by Gasteiger charge is 2.19. The molecule has 0 aliphatic rings. The molecule has 0 aromatic heterocycles. The van der Waals surface area contributed by atoms with Crippen LogP contribution in [0, 0.1) is 6.92 Å². The number of carboxylic acid groups (broad SMARTS) is 1. The zero-order valence-corrected chi connectivity index (χ0v) is 13.1. The van der Waals surface area contributed by atoms with Crippen molar-refractivity contribution in [2.24, 2.45) is 0 Å². The summed E-state index contributed by atoms with van der Waals surface area (Å²) in [5, 5.41) is 8.69. The summed E-state index contributed by atoms with van der Waals surface area (Å²) in [4.78, 5) is 25.0. The molecule has 0 heterocycles. The van der Waals surface area contributed by atoms with Gasteiger partial charge in [-0.05, 0) is 56.5 Å². The smallest absolute Gasteiger partial charge is 0.328 e. The van der Waals surface area contributed by atoms with E-state index in [4.69, 9.17) is 5.11 Å². The molecule has 0 aliphatic heterocycles. The highest BCUT2D eigenvalue weighted by atomic mass is 16.4. The third-order valence-electron chi connectivity index (χ3n) is 3.49. The molecule has 0 radical (unpaired) electrons. The highest BCUT2D eigenvalue weighted by Crippen LogP contribution is 2.16. The van der Waals surface area contributed by atoms with Crippen molar-refractivity contribution >= 4 is 18.0 Å². The quantitative estimate of drug-likeness (QED) is 0.817. The lowest BCUT2D eigenvalue weighted by Crippen LogP contribution is -2.38. The van der Waals surface area contributed by atoms with E-state index in [1.54, 1.807) is 6.07 Å². The number of nitrogens with zero attached hydrogens (tertiary/aromatic N) is 1. The predicted octanol–water partition coefficient (Wildman–Crippen LogP) is 3.35. The Balaban J connectivity index is 3.12. The van der Waals surface area contributed by atoms with Crippen molar-refractivity contribution in [3.63, 3.8) is 0 Å². The van der Waals surface area contributed by atoms with Gasteiger partial charge >= 0.3 is 5.97 Å². The van der Waals surface area contributed by atoms with Gasteiger partial charge in [-0.1, -0.05) is 13.0 Å². The highest BCUT2D eigenvalue weighted by molar-refractivity contribution is 5.95. The Hall–Kier alpha value is -2.10. The summed E-state index contributed by atoms with van der Waals surface area (Å²) >= 11 is 0. The van der Waals surface area contributed by atoms with Crippen LogP contribution in [0.5, 0.6) is 0 Å². The van der Waals surface area contributed by atoms with Gasteiger partial charge in [-0.3, -0.25) is 4.79 Å². The van der Waals surface area contributed by atoms with Crippen LogP contribution in [0.25, 0.3) is 6.08 Å². The zero-order valence-electron chi connectivity index (χ0n) is 13.1. The average Bonchev–Trinajstić information content (AvgIpc) is 2.44. The molecule has 4 heteroatoms. The number of carboxylic acids is 1. The molecular formula is C17H23NO3. The van der Waals surface area contributed by atoms with E-state index in [-0.39, 0.29) is 11.9 Å². The SMILES string of the molecule is CCC(C)N(CC)C(=O)c1cc(C)cc(/C=C/C(=O)O)c1. The predicted molar refractivity (Wildman–Crippen MR) is 84.3 cm³/mol. The minimum Gasteiger partial charge on any atom is -0.478 e. The molecule has 0 saturated carbocycles. The minimum atomic E-state index is -1.00. The van der Waals surface area contributed by atoms with E-state index >= 15 is 0 Å². The van der Waals surface area contributed by atoms with Crippen LogP contribution in [0.1, 0.15) is 48.7 Å². The van der Waals surface area contributed by atoms with Gasteiger partial charge in [-0.2, -0.15) is 0 Å².